The van der Waals surface area contributed by atoms with Gasteiger partial charge in [-0.05, 0) is 48.4 Å². The molecule has 0 bridgehead atoms. The van der Waals surface area contributed by atoms with Crippen molar-refractivity contribution in [1.29, 1.82) is 0 Å². The van der Waals surface area contributed by atoms with E-state index in [1.807, 2.05) is 83.1 Å². The summed E-state index contributed by atoms with van der Waals surface area (Å²) in [5.74, 6) is 0.224. The smallest absolute Gasteiger partial charge is 0.278 e. The van der Waals surface area contributed by atoms with E-state index in [-0.39, 0.29) is 57.4 Å². The predicted octanol–water partition coefficient (Wildman–Crippen LogP) is 6.49. The van der Waals surface area contributed by atoms with Crippen LogP contribution in [0.2, 0.25) is 5.02 Å². The second-order valence-corrected chi connectivity index (χ2v) is 7.86. The fourth-order valence-corrected chi connectivity index (χ4v) is 3.53. The number of hydrogen-bond acceptors (Lipinski definition) is 3. The molecule has 32 heavy (non-hydrogen) atoms. The number of rotatable bonds is 6. The molecule has 0 aliphatic rings. The van der Waals surface area contributed by atoms with Gasteiger partial charge in [0.25, 0.3) is 5.56 Å². The van der Waals surface area contributed by atoms with E-state index in [9.17, 15) is 9.90 Å². The van der Waals surface area contributed by atoms with Crippen LogP contribution in [-0.4, -0.2) is 14.9 Å². The molecule has 4 nitrogen and oxygen atoms in total. The van der Waals surface area contributed by atoms with Gasteiger partial charge in [0, 0.05) is 44.3 Å². The van der Waals surface area contributed by atoms with E-state index < -0.39 is 0 Å². The molecule has 3 rings (SSSR count). The monoisotopic (exact) mass is 530 g/mol. The van der Waals surface area contributed by atoms with Crippen LogP contribution in [0.1, 0.15) is 44.5 Å². The Morgan fingerprint density at radius 1 is 1.03 bits per heavy atom. The summed E-state index contributed by atoms with van der Waals surface area (Å²) in [7, 11) is 0. The Kier molecular flexibility index (Phi) is 13.9. The molecule has 0 fully saturated rings. The first kappa shape index (κ1) is 30.5. The maximum absolute atomic E-state index is 13.1. The van der Waals surface area contributed by atoms with Crippen LogP contribution in [-0.2, 0) is 52.1 Å². The Labute approximate surface area is 222 Å². The van der Waals surface area contributed by atoms with Crippen molar-refractivity contribution in [3.8, 4) is 16.9 Å². The predicted molar refractivity (Wildman–Crippen MR) is 132 cm³/mol. The molecule has 2 aromatic carbocycles. The fraction of sp³-hybridized carbons (Fsp3) is 0.346. The van der Waals surface area contributed by atoms with Crippen LogP contribution in [0.25, 0.3) is 11.1 Å². The van der Waals surface area contributed by atoms with Gasteiger partial charge < -0.3 is 12.5 Å². The van der Waals surface area contributed by atoms with Gasteiger partial charge in [-0.3, -0.25) is 4.79 Å². The maximum atomic E-state index is 13.1. The summed E-state index contributed by atoms with van der Waals surface area (Å²) in [5.41, 5.74) is 3.24. The molecule has 1 aromatic heterocycles. The maximum Gasteiger partial charge on any atom is 0.278 e. The van der Waals surface area contributed by atoms with Crippen LogP contribution in [0.15, 0.2) is 53.3 Å². The van der Waals surface area contributed by atoms with Crippen molar-refractivity contribution in [2.75, 3.05) is 0 Å². The van der Waals surface area contributed by atoms with Crippen LogP contribution in [0.3, 0.4) is 0 Å². The minimum absolute atomic E-state index is 0. The summed E-state index contributed by atoms with van der Waals surface area (Å²) >= 11 is 6.27. The van der Waals surface area contributed by atoms with Crippen LogP contribution in [0.4, 0.5) is 0 Å². The number of nitrogens with zero attached hydrogens (tertiary/aromatic N) is 2. The summed E-state index contributed by atoms with van der Waals surface area (Å²) in [6.07, 6.45) is 1.13. The van der Waals surface area contributed by atoms with Crippen molar-refractivity contribution in [2.24, 2.45) is 5.92 Å². The van der Waals surface area contributed by atoms with Gasteiger partial charge in [-0.2, -0.15) is 5.10 Å². The first-order chi connectivity index (χ1) is 14.4. The average Bonchev–Trinajstić information content (AvgIpc) is 2.73. The third-order valence-electron chi connectivity index (χ3n) is 4.74. The molecule has 3 aromatic rings. The molecule has 0 saturated carbocycles. The Morgan fingerprint density at radius 3 is 2.22 bits per heavy atom. The molecule has 0 aliphatic carbocycles. The summed E-state index contributed by atoms with van der Waals surface area (Å²) in [4.78, 5) is 13.1. The van der Waals surface area contributed by atoms with Crippen molar-refractivity contribution >= 4 is 11.6 Å². The SMILES string of the molecule is CC.Cc1ccccc1-c1c(O)c(CCc2ccccc2Cl)nn(CC(C)C)c1=O.[CH3-].[Y]. The largest absolute Gasteiger partial charge is 0.505 e. The molecule has 1 N–H and O–H groups in total. The van der Waals surface area contributed by atoms with Crippen LogP contribution in [0, 0.1) is 20.3 Å². The standard InChI is InChI=1S/C23H25ClN2O2.C2H6.CH3.Y/c1-15(2)14-26-23(28)21(18-10-6-4-8-16(18)3)22(27)20(25-26)13-12-17-9-5-7-11-19(17)24;1-2;;/h4-11,15,27H,12-14H2,1-3H3;1-2H3;1H3;/q;;-1;. The normalized spacial score (nSPS) is 9.97. The molecule has 1 heterocycles. The molecular weight excluding hydrogens is 497 g/mol. The summed E-state index contributed by atoms with van der Waals surface area (Å²) < 4.78 is 1.48. The van der Waals surface area contributed by atoms with Gasteiger partial charge >= 0.3 is 0 Å². The van der Waals surface area contributed by atoms with E-state index in [2.05, 4.69) is 5.10 Å². The molecule has 171 valence electrons. The molecule has 0 unspecified atom stereocenters. The van der Waals surface area contributed by atoms with E-state index in [1.54, 1.807) is 0 Å². The Morgan fingerprint density at radius 2 is 1.62 bits per heavy atom. The van der Waals surface area contributed by atoms with E-state index in [1.165, 1.54) is 4.68 Å². The number of benzene rings is 2. The van der Waals surface area contributed by atoms with E-state index in [0.717, 1.165) is 16.7 Å². The zero-order chi connectivity index (χ0) is 22.3. The van der Waals surface area contributed by atoms with Crippen LogP contribution < -0.4 is 5.56 Å². The molecule has 0 aliphatic heterocycles. The van der Waals surface area contributed by atoms with Gasteiger partial charge in [-0.15, -0.1) is 0 Å². The third kappa shape index (κ3) is 7.54. The zero-order valence-electron chi connectivity index (χ0n) is 20.0. The zero-order valence-corrected chi connectivity index (χ0v) is 23.6. The Balaban J connectivity index is 0.00000234. The van der Waals surface area contributed by atoms with Gasteiger partial charge in [0.2, 0.25) is 0 Å². The summed E-state index contributed by atoms with van der Waals surface area (Å²) in [5, 5.41) is 16.1. The van der Waals surface area contributed by atoms with Crippen molar-refractivity contribution in [3.63, 3.8) is 0 Å². The second-order valence-electron chi connectivity index (χ2n) is 7.46. The molecule has 1 radical (unpaired) electrons. The summed E-state index contributed by atoms with van der Waals surface area (Å²) in [6, 6.07) is 15.2. The average molecular weight is 531 g/mol. The number of aromatic hydroxyl groups is 1. The third-order valence-corrected chi connectivity index (χ3v) is 5.11. The van der Waals surface area contributed by atoms with Crippen molar-refractivity contribution < 1.29 is 37.8 Å². The number of aryl methyl sites for hydroxylation is 3. The van der Waals surface area contributed by atoms with Crippen LogP contribution >= 0.6 is 11.6 Å². The molecule has 0 saturated heterocycles. The fourth-order valence-electron chi connectivity index (χ4n) is 3.30. The van der Waals surface area contributed by atoms with Gasteiger partial charge in [0.1, 0.15) is 5.69 Å². The summed E-state index contributed by atoms with van der Waals surface area (Å²) in [6.45, 7) is 10.5. The molecule has 0 amide bonds. The molecule has 6 heteroatoms. The molecular formula is C26H34ClN2O2Y-. The first-order valence-electron chi connectivity index (χ1n) is 10.5. The van der Waals surface area contributed by atoms with Crippen molar-refractivity contribution in [3.05, 3.63) is 88.2 Å². The van der Waals surface area contributed by atoms with Gasteiger partial charge in [-0.25, -0.2) is 4.68 Å². The van der Waals surface area contributed by atoms with E-state index in [0.29, 0.717) is 35.7 Å². The van der Waals surface area contributed by atoms with Crippen molar-refractivity contribution in [1.82, 2.24) is 9.78 Å². The van der Waals surface area contributed by atoms with Gasteiger partial charge in [-0.1, -0.05) is 81.8 Å². The Bertz CT molecular complexity index is 1050. The van der Waals surface area contributed by atoms with Crippen LogP contribution in [0.5, 0.6) is 5.75 Å². The molecule has 0 atom stereocenters. The minimum Gasteiger partial charge on any atom is -0.505 e. The number of hydrogen-bond donors (Lipinski definition) is 1. The van der Waals surface area contributed by atoms with E-state index in [4.69, 9.17) is 11.6 Å². The molecule has 0 spiro atoms. The topological polar surface area (TPSA) is 55.1 Å². The first-order valence-corrected chi connectivity index (χ1v) is 10.9. The quantitative estimate of drug-likeness (QED) is 0.370. The number of aromatic nitrogens is 2. The van der Waals surface area contributed by atoms with Crippen molar-refractivity contribution in [2.45, 2.75) is 54.0 Å². The second kappa shape index (κ2) is 14.6. The Hall–Kier alpha value is -1.49. The minimum atomic E-state index is -0.262. The van der Waals surface area contributed by atoms with Gasteiger partial charge in [0.05, 0.1) is 5.56 Å². The number of halogens is 1. The van der Waals surface area contributed by atoms with Gasteiger partial charge in [0.15, 0.2) is 5.75 Å². The van der Waals surface area contributed by atoms with E-state index >= 15 is 0 Å².